The van der Waals surface area contributed by atoms with E-state index in [-0.39, 0.29) is 6.10 Å². The Morgan fingerprint density at radius 1 is 1.82 bits per heavy atom. The summed E-state index contributed by atoms with van der Waals surface area (Å²) in [6.07, 6.45) is 3.13. The van der Waals surface area contributed by atoms with Gasteiger partial charge in [-0.05, 0) is 6.20 Å². The largest absolute Gasteiger partial charge is 0.475 e. The Morgan fingerprint density at radius 2 is 2.64 bits per heavy atom. The summed E-state index contributed by atoms with van der Waals surface area (Å²) in [6, 6.07) is 0. The summed E-state index contributed by atoms with van der Waals surface area (Å²) in [4.78, 5) is 4.07. The molecule has 1 unspecified atom stereocenters. The van der Waals surface area contributed by atoms with Gasteiger partial charge >= 0.3 is 0 Å². The minimum Gasteiger partial charge on any atom is -0.475 e. The Labute approximate surface area is 65.7 Å². The summed E-state index contributed by atoms with van der Waals surface area (Å²) in [5.41, 5.74) is 5.15. The first-order chi connectivity index (χ1) is 5.36. The van der Waals surface area contributed by atoms with Crippen LogP contribution in [0.3, 0.4) is 0 Å². The SMILES string of the molecule is COC1CN=C(/C=C\N)OC1. The zero-order valence-corrected chi connectivity index (χ0v) is 6.49. The number of methoxy groups -OCH3 is 1. The molecule has 0 fully saturated rings. The number of nitrogens with zero attached hydrogens (tertiary/aromatic N) is 1. The van der Waals surface area contributed by atoms with E-state index >= 15 is 0 Å². The number of nitrogens with two attached hydrogens (primary N) is 1. The molecular weight excluding hydrogens is 144 g/mol. The summed E-state index contributed by atoms with van der Waals surface area (Å²) >= 11 is 0. The monoisotopic (exact) mass is 156 g/mol. The molecule has 0 aromatic heterocycles. The lowest BCUT2D eigenvalue weighted by molar-refractivity contribution is 0.0509. The lowest BCUT2D eigenvalue weighted by Gasteiger charge is -2.18. The van der Waals surface area contributed by atoms with Crippen molar-refractivity contribution < 1.29 is 9.47 Å². The quantitative estimate of drug-likeness (QED) is 0.607. The van der Waals surface area contributed by atoms with Crippen molar-refractivity contribution in [2.45, 2.75) is 6.10 Å². The molecule has 4 nitrogen and oxygen atoms in total. The lowest BCUT2D eigenvalue weighted by atomic mass is 10.3. The van der Waals surface area contributed by atoms with Crippen molar-refractivity contribution >= 4 is 5.90 Å². The van der Waals surface area contributed by atoms with Gasteiger partial charge < -0.3 is 15.2 Å². The molecule has 0 saturated carbocycles. The van der Waals surface area contributed by atoms with Crippen molar-refractivity contribution in [3.8, 4) is 0 Å². The molecule has 62 valence electrons. The van der Waals surface area contributed by atoms with Crippen LogP contribution in [0.25, 0.3) is 0 Å². The van der Waals surface area contributed by atoms with E-state index in [0.717, 1.165) is 0 Å². The fourth-order valence-corrected chi connectivity index (χ4v) is 0.794. The van der Waals surface area contributed by atoms with Gasteiger partial charge in [-0.15, -0.1) is 0 Å². The molecule has 2 N–H and O–H groups in total. The molecule has 1 aliphatic rings. The molecule has 0 radical (unpaired) electrons. The molecule has 1 rings (SSSR count). The molecule has 11 heavy (non-hydrogen) atoms. The standard InChI is InChI=1S/C7H12N2O2/c1-10-6-4-9-7(2-3-8)11-5-6/h2-3,6H,4-5,8H2,1H3/b3-2-. The first-order valence-electron chi connectivity index (χ1n) is 3.45. The number of hydrogen-bond donors (Lipinski definition) is 1. The highest BCUT2D eigenvalue weighted by Crippen LogP contribution is 2.01. The Balaban J connectivity index is 2.43. The lowest BCUT2D eigenvalue weighted by Crippen LogP contribution is -2.28. The van der Waals surface area contributed by atoms with Crippen LogP contribution in [0.2, 0.25) is 0 Å². The number of hydrogen-bond acceptors (Lipinski definition) is 4. The van der Waals surface area contributed by atoms with E-state index in [1.165, 1.54) is 6.20 Å². The molecule has 4 heteroatoms. The van der Waals surface area contributed by atoms with Crippen LogP contribution in [0.5, 0.6) is 0 Å². The van der Waals surface area contributed by atoms with Gasteiger partial charge in [-0.1, -0.05) is 0 Å². The highest BCUT2D eigenvalue weighted by molar-refractivity contribution is 5.87. The van der Waals surface area contributed by atoms with Gasteiger partial charge in [-0.25, -0.2) is 4.99 Å². The molecule has 1 aliphatic heterocycles. The van der Waals surface area contributed by atoms with Crippen LogP contribution in [0.1, 0.15) is 0 Å². The van der Waals surface area contributed by atoms with Gasteiger partial charge in [0.05, 0.1) is 6.54 Å². The molecule has 1 heterocycles. The molecule has 0 aromatic carbocycles. The van der Waals surface area contributed by atoms with Crippen LogP contribution in [-0.4, -0.2) is 32.3 Å². The average Bonchev–Trinajstić information content (AvgIpc) is 2.07. The van der Waals surface area contributed by atoms with Crippen molar-refractivity contribution in [3.63, 3.8) is 0 Å². The van der Waals surface area contributed by atoms with Crippen molar-refractivity contribution in [1.29, 1.82) is 0 Å². The molecule has 0 aliphatic carbocycles. The van der Waals surface area contributed by atoms with Crippen LogP contribution in [0.4, 0.5) is 0 Å². The van der Waals surface area contributed by atoms with Gasteiger partial charge in [0.2, 0.25) is 5.90 Å². The zero-order valence-electron chi connectivity index (χ0n) is 6.49. The normalized spacial score (nSPS) is 24.8. The second-order valence-electron chi connectivity index (χ2n) is 2.21. The second-order valence-corrected chi connectivity index (χ2v) is 2.21. The third kappa shape index (κ3) is 2.23. The predicted octanol–water partition coefficient (Wildman–Crippen LogP) is -0.0975. The highest BCUT2D eigenvalue weighted by atomic mass is 16.5. The summed E-state index contributed by atoms with van der Waals surface area (Å²) in [5, 5.41) is 0. The van der Waals surface area contributed by atoms with E-state index < -0.39 is 0 Å². The van der Waals surface area contributed by atoms with Crippen molar-refractivity contribution in [2.24, 2.45) is 10.7 Å². The van der Waals surface area contributed by atoms with Crippen LogP contribution in [-0.2, 0) is 9.47 Å². The zero-order chi connectivity index (χ0) is 8.10. The molecule has 0 saturated heterocycles. The Hall–Kier alpha value is -1.03. The van der Waals surface area contributed by atoms with E-state index in [1.54, 1.807) is 13.2 Å². The smallest absolute Gasteiger partial charge is 0.210 e. The van der Waals surface area contributed by atoms with Gasteiger partial charge in [-0.3, -0.25) is 0 Å². The Bertz CT molecular complexity index is 177. The van der Waals surface area contributed by atoms with Gasteiger partial charge in [0.1, 0.15) is 12.7 Å². The summed E-state index contributed by atoms with van der Waals surface area (Å²) in [6.45, 7) is 1.20. The van der Waals surface area contributed by atoms with Crippen LogP contribution in [0, 0.1) is 0 Å². The molecule has 0 aromatic rings. The average molecular weight is 156 g/mol. The number of aliphatic imine (C=N–C) groups is 1. The summed E-state index contributed by atoms with van der Waals surface area (Å²) < 4.78 is 10.2. The molecule has 1 atom stereocenters. The van der Waals surface area contributed by atoms with Gasteiger partial charge in [0, 0.05) is 13.2 Å². The second kappa shape index (κ2) is 3.98. The first-order valence-corrected chi connectivity index (χ1v) is 3.45. The van der Waals surface area contributed by atoms with Gasteiger partial charge in [0.15, 0.2) is 0 Å². The minimum atomic E-state index is 0.0879. The Morgan fingerprint density at radius 3 is 3.09 bits per heavy atom. The summed E-state index contributed by atoms with van der Waals surface area (Å²) in [5.74, 6) is 0.584. The van der Waals surface area contributed by atoms with Gasteiger partial charge in [0.25, 0.3) is 0 Å². The van der Waals surface area contributed by atoms with Crippen molar-refractivity contribution in [1.82, 2.24) is 0 Å². The van der Waals surface area contributed by atoms with Crippen molar-refractivity contribution in [2.75, 3.05) is 20.3 Å². The van der Waals surface area contributed by atoms with Crippen LogP contribution in [0.15, 0.2) is 17.3 Å². The van der Waals surface area contributed by atoms with E-state index in [4.69, 9.17) is 15.2 Å². The van der Waals surface area contributed by atoms with E-state index in [2.05, 4.69) is 4.99 Å². The third-order valence-corrected chi connectivity index (χ3v) is 1.44. The van der Waals surface area contributed by atoms with E-state index in [1.807, 2.05) is 0 Å². The minimum absolute atomic E-state index is 0.0879. The number of rotatable bonds is 2. The molecule has 0 spiro atoms. The van der Waals surface area contributed by atoms with E-state index in [9.17, 15) is 0 Å². The Kier molecular flexibility index (Phi) is 2.92. The van der Waals surface area contributed by atoms with E-state index in [0.29, 0.717) is 19.0 Å². The highest BCUT2D eigenvalue weighted by Gasteiger charge is 2.13. The molecular formula is C7H12N2O2. The van der Waals surface area contributed by atoms with Crippen LogP contribution < -0.4 is 5.73 Å². The maximum Gasteiger partial charge on any atom is 0.210 e. The fourth-order valence-electron chi connectivity index (χ4n) is 0.794. The maximum absolute atomic E-state index is 5.18. The molecule has 0 amide bonds. The number of ether oxygens (including phenoxy) is 2. The van der Waals surface area contributed by atoms with Crippen LogP contribution >= 0.6 is 0 Å². The summed E-state index contributed by atoms with van der Waals surface area (Å²) in [7, 11) is 1.65. The first kappa shape index (κ1) is 8.07. The topological polar surface area (TPSA) is 56.8 Å². The predicted molar refractivity (Wildman–Crippen MR) is 42.4 cm³/mol. The van der Waals surface area contributed by atoms with Crippen molar-refractivity contribution in [3.05, 3.63) is 12.3 Å². The third-order valence-electron chi connectivity index (χ3n) is 1.44. The maximum atomic E-state index is 5.18. The fraction of sp³-hybridized carbons (Fsp3) is 0.571. The molecule has 0 bridgehead atoms. The van der Waals surface area contributed by atoms with Gasteiger partial charge in [-0.2, -0.15) is 0 Å².